The number of benzene rings is 1. The second kappa shape index (κ2) is 7.43. The van der Waals surface area contributed by atoms with Crippen LogP contribution in [0.5, 0.6) is 5.75 Å². The molecule has 0 saturated heterocycles. The Hall–Kier alpha value is -1.36. The number of ketones is 1. The maximum atomic E-state index is 12.0. The monoisotopic (exact) mass is 341 g/mol. The van der Waals surface area contributed by atoms with Crippen LogP contribution in [0.4, 0.5) is 0 Å². The van der Waals surface area contributed by atoms with Crippen LogP contribution in [-0.4, -0.2) is 23.8 Å². The normalized spacial score (nSPS) is 13.4. The Labute approximate surface area is 128 Å². The van der Waals surface area contributed by atoms with Gasteiger partial charge in [0.1, 0.15) is 5.75 Å². The molecular formula is C15H20BrNO3. The molecule has 0 aliphatic heterocycles. The zero-order valence-electron chi connectivity index (χ0n) is 12.2. The van der Waals surface area contributed by atoms with Crippen LogP contribution in [0, 0.1) is 0 Å². The van der Waals surface area contributed by atoms with Crippen molar-refractivity contribution in [1.29, 1.82) is 0 Å². The van der Waals surface area contributed by atoms with Crippen LogP contribution in [0.2, 0.25) is 0 Å². The molecule has 0 radical (unpaired) electrons. The average molecular weight is 342 g/mol. The average Bonchev–Trinajstić information content (AvgIpc) is 2.38. The lowest BCUT2D eigenvalue weighted by Gasteiger charge is -2.19. The quantitative estimate of drug-likeness (QED) is 0.807. The van der Waals surface area contributed by atoms with E-state index in [0.29, 0.717) is 11.3 Å². The van der Waals surface area contributed by atoms with E-state index in [0.717, 1.165) is 10.9 Å². The number of Topliss-reactive ketones (excluding diaryl/α,β-unsaturated/α-hetero) is 1. The van der Waals surface area contributed by atoms with Gasteiger partial charge < -0.3 is 10.1 Å². The maximum Gasteiger partial charge on any atom is 0.260 e. The highest BCUT2D eigenvalue weighted by molar-refractivity contribution is 9.10. The number of carbonyl (C=O) groups is 2. The number of ether oxygens (including phenoxy) is 1. The van der Waals surface area contributed by atoms with Crippen LogP contribution < -0.4 is 10.1 Å². The molecule has 0 heterocycles. The number of hydrogen-bond donors (Lipinski definition) is 1. The zero-order chi connectivity index (χ0) is 15.3. The molecule has 1 aromatic rings. The van der Waals surface area contributed by atoms with Crippen molar-refractivity contribution in [3.05, 3.63) is 28.2 Å². The van der Waals surface area contributed by atoms with Gasteiger partial charge in [0.25, 0.3) is 5.91 Å². The smallest absolute Gasteiger partial charge is 0.260 e. The lowest BCUT2D eigenvalue weighted by molar-refractivity contribution is -0.127. The van der Waals surface area contributed by atoms with E-state index in [1.54, 1.807) is 25.1 Å². The van der Waals surface area contributed by atoms with Crippen LogP contribution in [0.25, 0.3) is 0 Å². The summed E-state index contributed by atoms with van der Waals surface area (Å²) in [6.45, 7) is 7.08. The van der Waals surface area contributed by atoms with Crippen molar-refractivity contribution in [3.63, 3.8) is 0 Å². The fraction of sp³-hybridized carbons (Fsp3) is 0.467. The highest BCUT2D eigenvalue weighted by atomic mass is 79.9. The largest absolute Gasteiger partial charge is 0.480 e. The number of hydrogen-bond acceptors (Lipinski definition) is 3. The van der Waals surface area contributed by atoms with Gasteiger partial charge in [-0.25, -0.2) is 0 Å². The first-order valence-corrected chi connectivity index (χ1v) is 7.42. The molecule has 4 nitrogen and oxygen atoms in total. The van der Waals surface area contributed by atoms with Crippen molar-refractivity contribution >= 4 is 27.6 Å². The summed E-state index contributed by atoms with van der Waals surface area (Å²) in [4.78, 5) is 23.5. The van der Waals surface area contributed by atoms with E-state index in [2.05, 4.69) is 21.2 Å². The van der Waals surface area contributed by atoms with Crippen LogP contribution in [-0.2, 0) is 4.79 Å². The molecule has 2 unspecified atom stereocenters. The topological polar surface area (TPSA) is 55.4 Å². The van der Waals surface area contributed by atoms with Gasteiger partial charge in [0.05, 0.1) is 5.56 Å². The summed E-state index contributed by atoms with van der Waals surface area (Å²) in [5, 5.41) is 2.85. The van der Waals surface area contributed by atoms with Crippen molar-refractivity contribution in [3.8, 4) is 5.75 Å². The van der Waals surface area contributed by atoms with Crippen LogP contribution >= 0.6 is 15.9 Å². The van der Waals surface area contributed by atoms with Crippen molar-refractivity contribution in [2.45, 2.75) is 46.3 Å². The van der Waals surface area contributed by atoms with Gasteiger partial charge in [-0.3, -0.25) is 9.59 Å². The molecule has 0 aliphatic rings. The molecule has 20 heavy (non-hydrogen) atoms. The van der Waals surface area contributed by atoms with Crippen molar-refractivity contribution < 1.29 is 14.3 Å². The number of nitrogens with one attached hydrogen (secondary N) is 1. The van der Waals surface area contributed by atoms with Crippen LogP contribution in [0.15, 0.2) is 22.7 Å². The SMILES string of the molecule is CCC(C)NC(=O)C(C)Oc1cc(Br)ccc1C(C)=O. The molecule has 110 valence electrons. The number of amides is 1. The highest BCUT2D eigenvalue weighted by Crippen LogP contribution is 2.25. The van der Waals surface area contributed by atoms with E-state index in [9.17, 15) is 9.59 Å². The van der Waals surface area contributed by atoms with Crippen molar-refractivity contribution in [1.82, 2.24) is 5.32 Å². The lowest BCUT2D eigenvalue weighted by atomic mass is 10.1. The summed E-state index contributed by atoms with van der Waals surface area (Å²) in [6.07, 6.45) is 0.199. The molecule has 1 rings (SSSR count). The first-order chi connectivity index (χ1) is 9.35. The van der Waals surface area contributed by atoms with E-state index in [1.165, 1.54) is 6.92 Å². The Morgan fingerprint density at radius 2 is 2.00 bits per heavy atom. The van der Waals surface area contributed by atoms with Crippen molar-refractivity contribution in [2.24, 2.45) is 0 Å². The highest BCUT2D eigenvalue weighted by Gasteiger charge is 2.19. The van der Waals surface area contributed by atoms with Gasteiger partial charge in [0.15, 0.2) is 11.9 Å². The Balaban J connectivity index is 2.84. The summed E-state index contributed by atoms with van der Waals surface area (Å²) in [6, 6.07) is 5.25. The molecule has 0 spiro atoms. The fourth-order valence-electron chi connectivity index (χ4n) is 1.59. The molecule has 0 aliphatic carbocycles. The molecule has 0 fully saturated rings. The molecule has 2 atom stereocenters. The maximum absolute atomic E-state index is 12.0. The number of halogens is 1. The van der Waals surface area contributed by atoms with Gasteiger partial charge in [-0.05, 0) is 45.4 Å². The number of carbonyl (C=O) groups excluding carboxylic acids is 2. The third-order valence-corrected chi connectivity index (χ3v) is 3.49. The van der Waals surface area contributed by atoms with E-state index >= 15 is 0 Å². The summed E-state index contributed by atoms with van der Waals surface area (Å²) in [5.74, 6) is 0.134. The van der Waals surface area contributed by atoms with Crippen LogP contribution in [0.3, 0.4) is 0 Å². The summed E-state index contributed by atoms with van der Waals surface area (Å²) >= 11 is 3.33. The van der Waals surface area contributed by atoms with Crippen molar-refractivity contribution in [2.75, 3.05) is 0 Å². The first-order valence-electron chi connectivity index (χ1n) is 6.62. The Morgan fingerprint density at radius 3 is 2.55 bits per heavy atom. The first kappa shape index (κ1) is 16.7. The summed E-state index contributed by atoms with van der Waals surface area (Å²) in [5.41, 5.74) is 0.469. The van der Waals surface area contributed by atoms with Gasteiger partial charge in [0, 0.05) is 10.5 Å². The van der Waals surface area contributed by atoms with Gasteiger partial charge >= 0.3 is 0 Å². The standard InChI is InChI=1S/C15H20BrNO3/c1-5-9(2)17-15(19)11(4)20-14-8-12(16)6-7-13(14)10(3)18/h6-9,11H,5H2,1-4H3,(H,17,19). The summed E-state index contributed by atoms with van der Waals surface area (Å²) in [7, 11) is 0. The molecule has 1 N–H and O–H groups in total. The Kier molecular flexibility index (Phi) is 6.20. The second-order valence-corrected chi connectivity index (χ2v) is 5.69. The minimum Gasteiger partial charge on any atom is -0.480 e. The lowest BCUT2D eigenvalue weighted by Crippen LogP contribution is -2.41. The Bertz CT molecular complexity index is 502. The fourth-order valence-corrected chi connectivity index (χ4v) is 1.93. The van der Waals surface area contributed by atoms with E-state index in [1.807, 2.05) is 13.8 Å². The molecule has 0 bridgehead atoms. The predicted octanol–water partition coefficient (Wildman–Crippen LogP) is 3.33. The molecule has 5 heteroatoms. The molecular weight excluding hydrogens is 322 g/mol. The van der Waals surface area contributed by atoms with Gasteiger partial charge in [-0.1, -0.05) is 22.9 Å². The molecule has 0 aromatic heterocycles. The minimum atomic E-state index is -0.656. The van der Waals surface area contributed by atoms with E-state index < -0.39 is 6.10 Å². The summed E-state index contributed by atoms with van der Waals surface area (Å²) < 4.78 is 6.43. The third kappa shape index (κ3) is 4.63. The van der Waals surface area contributed by atoms with Gasteiger partial charge in [-0.2, -0.15) is 0 Å². The van der Waals surface area contributed by atoms with E-state index in [-0.39, 0.29) is 17.7 Å². The molecule has 1 amide bonds. The Morgan fingerprint density at radius 1 is 1.35 bits per heavy atom. The number of rotatable bonds is 6. The van der Waals surface area contributed by atoms with Gasteiger partial charge in [-0.15, -0.1) is 0 Å². The second-order valence-electron chi connectivity index (χ2n) is 4.77. The van der Waals surface area contributed by atoms with Crippen LogP contribution in [0.1, 0.15) is 44.5 Å². The zero-order valence-corrected chi connectivity index (χ0v) is 13.8. The van der Waals surface area contributed by atoms with E-state index in [4.69, 9.17) is 4.74 Å². The van der Waals surface area contributed by atoms with Gasteiger partial charge in [0.2, 0.25) is 0 Å². The predicted molar refractivity (Wildman–Crippen MR) is 82.1 cm³/mol. The minimum absolute atomic E-state index is 0.0953. The third-order valence-electron chi connectivity index (χ3n) is 3.00. The molecule has 1 aromatic carbocycles. The molecule has 0 saturated carbocycles.